The van der Waals surface area contributed by atoms with Gasteiger partial charge in [0.25, 0.3) is 0 Å². The first-order chi connectivity index (χ1) is 8.16. The van der Waals surface area contributed by atoms with Crippen LogP contribution in [0.2, 0.25) is 0 Å². The highest BCUT2D eigenvalue weighted by molar-refractivity contribution is 5.26. The number of nitrogens with one attached hydrogen (secondary N) is 1. The molecule has 2 N–H and O–H groups in total. The third-order valence-electron chi connectivity index (χ3n) is 2.89. The molecule has 0 radical (unpaired) electrons. The molecule has 0 aliphatic carbocycles. The molecule has 1 saturated heterocycles. The van der Waals surface area contributed by atoms with E-state index >= 15 is 0 Å². The van der Waals surface area contributed by atoms with Gasteiger partial charge in [-0.1, -0.05) is 19.9 Å². The summed E-state index contributed by atoms with van der Waals surface area (Å²) in [6.07, 6.45) is 1.44. The molecule has 0 spiro atoms. The lowest BCUT2D eigenvalue weighted by molar-refractivity contribution is 0.137. The highest BCUT2D eigenvalue weighted by atomic mass is 19.1. The lowest BCUT2D eigenvalue weighted by Gasteiger charge is -2.19. The number of halogens is 1. The van der Waals surface area contributed by atoms with Crippen LogP contribution in [0.25, 0.3) is 0 Å². The molecule has 1 aromatic rings. The van der Waals surface area contributed by atoms with Gasteiger partial charge in [-0.05, 0) is 49.6 Å². The van der Waals surface area contributed by atoms with Crippen molar-refractivity contribution in [2.45, 2.75) is 45.8 Å². The van der Waals surface area contributed by atoms with Crippen molar-refractivity contribution < 1.29 is 9.50 Å². The fraction of sp³-hybridized carbons (Fsp3) is 0.571. The van der Waals surface area contributed by atoms with Crippen molar-refractivity contribution >= 4 is 0 Å². The van der Waals surface area contributed by atoms with E-state index < -0.39 is 6.10 Å². The summed E-state index contributed by atoms with van der Waals surface area (Å²) in [6, 6.07) is 4.80. The summed E-state index contributed by atoms with van der Waals surface area (Å²) in [5, 5.41) is 13.3. The van der Waals surface area contributed by atoms with Crippen molar-refractivity contribution in [2.75, 3.05) is 6.54 Å². The van der Waals surface area contributed by atoms with E-state index in [1.54, 1.807) is 0 Å². The number of aliphatic hydroxyl groups is 1. The van der Waals surface area contributed by atoms with E-state index in [2.05, 4.69) is 5.32 Å². The van der Waals surface area contributed by atoms with Gasteiger partial charge in [0.05, 0.1) is 6.10 Å². The molecule has 0 amide bonds. The van der Waals surface area contributed by atoms with Gasteiger partial charge in [-0.3, -0.25) is 0 Å². The van der Waals surface area contributed by atoms with Crippen LogP contribution in [0.1, 0.15) is 43.9 Å². The zero-order valence-electron chi connectivity index (χ0n) is 10.8. The highest BCUT2D eigenvalue weighted by Gasteiger charge is 2.24. The van der Waals surface area contributed by atoms with Crippen LogP contribution in [-0.2, 0) is 0 Å². The molecular weight excluding hydrogens is 217 g/mol. The van der Waals surface area contributed by atoms with Gasteiger partial charge in [-0.15, -0.1) is 0 Å². The van der Waals surface area contributed by atoms with Gasteiger partial charge < -0.3 is 10.4 Å². The van der Waals surface area contributed by atoms with Gasteiger partial charge in [-0.2, -0.15) is 0 Å². The van der Waals surface area contributed by atoms with Crippen molar-refractivity contribution in [1.82, 2.24) is 5.32 Å². The lowest BCUT2D eigenvalue weighted by Crippen LogP contribution is -2.28. The third kappa shape index (κ3) is 3.79. The molecule has 0 aromatic heterocycles. The van der Waals surface area contributed by atoms with E-state index in [0.29, 0.717) is 5.56 Å². The van der Waals surface area contributed by atoms with E-state index in [-0.39, 0.29) is 11.9 Å². The first-order valence-corrected chi connectivity index (χ1v) is 6.35. The second-order valence-electron chi connectivity index (χ2n) is 4.21. The van der Waals surface area contributed by atoms with Gasteiger partial charge in [0.1, 0.15) is 5.82 Å². The van der Waals surface area contributed by atoms with Gasteiger partial charge in [0, 0.05) is 6.04 Å². The van der Waals surface area contributed by atoms with E-state index in [1.807, 2.05) is 26.8 Å². The Hall–Kier alpha value is -0.930. The Morgan fingerprint density at radius 1 is 1.35 bits per heavy atom. The van der Waals surface area contributed by atoms with Crippen LogP contribution in [-0.4, -0.2) is 17.7 Å². The quantitative estimate of drug-likeness (QED) is 0.831. The van der Waals surface area contributed by atoms with Crippen molar-refractivity contribution in [3.8, 4) is 0 Å². The standard InChI is InChI=1S/C12H16FNO.C2H6/c1-8-5-9(7-10(13)6-8)12(15)11-3-2-4-14-11;1-2/h5-7,11-12,14-15H,2-4H2,1H3;1-2H3. The Balaban J connectivity index is 0.000000686. The van der Waals surface area contributed by atoms with E-state index in [4.69, 9.17) is 0 Å². The molecular formula is C14H22FNO. The van der Waals surface area contributed by atoms with Crippen molar-refractivity contribution in [3.63, 3.8) is 0 Å². The third-order valence-corrected chi connectivity index (χ3v) is 2.89. The maximum Gasteiger partial charge on any atom is 0.123 e. The van der Waals surface area contributed by atoms with Crippen LogP contribution in [0.4, 0.5) is 4.39 Å². The number of rotatable bonds is 2. The Bertz CT molecular complexity index is 328. The van der Waals surface area contributed by atoms with Crippen LogP contribution >= 0.6 is 0 Å². The maximum absolute atomic E-state index is 13.1. The second kappa shape index (κ2) is 6.72. The van der Waals surface area contributed by atoms with E-state index in [0.717, 1.165) is 24.9 Å². The molecule has 1 aromatic carbocycles. The number of aliphatic hydroxyl groups excluding tert-OH is 1. The molecule has 2 nitrogen and oxygen atoms in total. The van der Waals surface area contributed by atoms with Crippen LogP contribution < -0.4 is 5.32 Å². The molecule has 1 heterocycles. The number of aryl methyl sites for hydroxylation is 1. The predicted molar refractivity (Wildman–Crippen MR) is 68.5 cm³/mol. The van der Waals surface area contributed by atoms with Gasteiger partial charge in [0.15, 0.2) is 0 Å². The monoisotopic (exact) mass is 239 g/mol. The summed E-state index contributed by atoms with van der Waals surface area (Å²) in [4.78, 5) is 0. The molecule has 0 saturated carbocycles. The van der Waals surface area contributed by atoms with Crippen molar-refractivity contribution in [3.05, 3.63) is 35.1 Å². The van der Waals surface area contributed by atoms with E-state index in [1.165, 1.54) is 12.1 Å². The Labute approximate surface area is 103 Å². The fourth-order valence-corrected chi connectivity index (χ4v) is 2.15. The Morgan fingerprint density at radius 3 is 2.59 bits per heavy atom. The highest BCUT2D eigenvalue weighted by Crippen LogP contribution is 2.24. The molecule has 1 aliphatic heterocycles. The van der Waals surface area contributed by atoms with Crippen LogP contribution in [0.15, 0.2) is 18.2 Å². The summed E-state index contributed by atoms with van der Waals surface area (Å²) < 4.78 is 13.1. The molecule has 96 valence electrons. The SMILES string of the molecule is CC.Cc1cc(F)cc(C(O)C2CCCN2)c1. The Kier molecular flexibility index (Phi) is 5.59. The first kappa shape index (κ1) is 14.1. The zero-order valence-corrected chi connectivity index (χ0v) is 10.8. The van der Waals surface area contributed by atoms with Crippen LogP contribution in [0, 0.1) is 12.7 Å². The lowest BCUT2D eigenvalue weighted by atomic mass is 9.99. The summed E-state index contributed by atoms with van der Waals surface area (Å²) in [7, 11) is 0. The molecule has 2 rings (SSSR count). The van der Waals surface area contributed by atoms with Crippen LogP contribution in [0.5, 0.6) is 0 Å². The van der Waals surface area contributed by atoms with Crippen LogP contribution in [0.3, 0.4) is 0 Å². The minimum absolute atomic E-state index is 0.0752. The van der Waals surface area contributed by atoms with E-state index in [9.17, 15) is 9.50 Å². The molecule has 1 aliphatic rings. The molecule has 1 fully saturated rings. The van der Waals surface area contributed by atoms with Gasteiger partial charge >= 0.3 is 0 Å². The minimum Gasteiger partial charge on any atom is -0.387 e. The predicted octanol–water partition coefficient (Wildman–Crippen LogP) is 2.95. The average Bonchev–Trinajstić information content (AvgIpc) is 2.83. The molecule has 17 heavy (non-hydrogen) atoms. The average molecular weight is 239 g/mol. The number of hydrogen-bond donors (Lipinski definition) is 2. The number of benzene rings is 1. The van der Waals surface area contributed by atoms with Crippen molar-refractivity contribution in [2.24, 2.45) is 0 Å². The molecule has 3 heteroatoms. The summed E-state index contributed by atoms with van der Waals surface area (Å²) in [6.45, 7) is 6.78. The summed E-state index contributed by atoms with van der Waals surface area (Å²) in [5.41, 5.74) is 1.52. The topological polar surface area (TPSA) is 32.3 Å². The Morgan fingerprint density at radius 2 is 2.06 bits per heavy atom. The zero-order chi connectivity index (χ0) is 12.8. The summed E-state index contributed by atoms with van der Waals surface area (Å²) in [5.74, 6) is -0.276. The molecule has 0 bridgehead atoms. The second-order valence-corrected chi connectivity index (χ2v) is 4.21. The van der Waals surface area contributed by atoms with Gasteiger partial charge in [-0.25, -0.2) is 4.39 Å². The van der Waals surface area contributed by atoms with Crippen molar-refractivity contribution in [1.29, 1.82) is 0 Å². The maximum atomic E-state index is 13.1. The normalized spacial score (nSPS) is 20.6. The summed E-state index contributed by atoms with van der Waals surface area (Å²) >= 11 is 0. The smallest absolute Gasteiger partial charge is 0.123 e. The first-order valence-electron chi connectivity index (χ1n) is 6.35. The largest absolute Gasteiger partial charge is 0.387 e. The number of hydrogen-bond acceptors (Lipinski definition) is 2. The minimum atomic E-state index is -0.595. The van der Waals surface area contributed by atoms with Gasteiger partial charge in [0.2, 0.25) is 0 Å². The molecule has 2 atom stereocenters. The molecule has 2 unspecified atom stereocenters. The fourth-order valence-electron chi connectivity index (χ4n) is 2.15.